The van der Waals surface area contributed by atoms with Gasteiger partial charge in [-0.1, -0.05) is 18.2 Å². The van der Waals surface area contributed by atoms with E-state index in [-0.39, 0.29) is 40.6 Å². The quantitative estimate of drug-likeness (QED) is 0.130. The van der Waals surface area contributed by atoms with Gasteiger partial charge in [-0.2, -0.15) is 13.7 Å². The molecular formula is C43H51F2N5O9S. The van der Waals surface area contributed by atoms with Gasteiger partial charge in [-0.3, -0.25) is 10.1 Å². The van der Waals surface area contributed by atoms with Crippen molar-refractivity contribution in [1.82, 2.24) is 9.88 Å². The molecule has 60 heavy (non-hydrogen) atoms. The molecule has 322 valence electrons. The molecule has 17 heteroatoms. The molecule has 14 nitrogen and oxygen atoms in total. The van der Waals surface area contributed by atoms with Gasteiger partial charge in [0.05, 0.1) is 16.7 Å². The van der Waals surface area contributed by atoms with Crippen LogP contribution in [0.1, 0.15) is 76.6 Å². The zero-order chi connectivity index (χ0) is 44.4. The number of fused-ring (bicyclic) bond motifs is 1. The van der Waals surface area contributed by atoms with Crippen molar-refractivity contribution in [1.29, 1.82) is 0 Å². The second kappa shape index (κ2) is 17.4. The normalized spacial score (nSPS) is 13.3. The third kappa shape index (κ3) is 11.2. The molecule has 2 N–H and O–H groups in total. The molecule has 1 aliphatic carbocycles. The SMILES string of the molecule is Cc1cccc(C)c1C(F)(F)COC(=O)Nc1ccc(S(=O)(=O)C2CC2)c(CN(C)C(=O)CNc2ccc3c(N(C(=O)OC(C)(C)C)C(=O)OC(C)(C)C)nccc3c2)c1. The standard InChI is InChI=1S/C43H51F2N5O9S/c1-26-11-10-12-27(2)36(26)43(44,45)25-57-38(52)48-31-14-18-34(60(55,56)32-15-16-32)29(22-31)24-49(9)35(51)23-47-30-13-17-33-28(21-30)19-20-46-37(33)50(39(53)58-41(3,4)5)40(54)59-42(6,7)8/h10-14,17-22,32,47H,15-16,23-25H2,1-9H3,(H,48,52). The lowest BCUT2D eigenvalue weighted by molar-refractivity contribution is -0.128. The zero-order valence-corrected chi connectivity index (χ0v) is 36.0. The third-order valence-corrected chi connectivity index (χ3v) is 11.6. The number of aryl methyl sites for hydroxylation is 2. The Morgan fingerprint density at radius 2 is 1.45 bits per heavy atom. The summed E-state index contributed by atoms with van der Waals surface area (Å²) in [5.74, 6) is -3.90. The van der Waals surface area contributed by atoms with E-state index in [2.05, 4.69) is 15.6 Å². The number of anilines is 3. The minimum Gasteiger partial charge on any atom is -0.443 e. The van der Waals surface area contributed by atoms with Crippen LogP contribution in [0.3, 0.4) is 0 Å². The number of aromatic nitrogens is 1. The molecule has 0 bridgehead atoms. The highest BCUT2D eigenvalue weighted by atomic mass is 32.2. The van der Waals surface area contributed by atoms with Crippen LogP contribution >= 0.6 is 0 Å². The number of hydrogen-bond acceptors (Lipinski definition) is 11. The molecule has 1 saturated carbocycles. The molecule has 3 aromatic carbocycles. The van der Waals surface area contributed by atoms with E-state index in [9.17, 15) is 27.6 Å². The number of imide groups is 1. The molecule has 4 amide bonds. The van der Waals surface area contributed by atoms with Crippen molar-refractivity contribution < 1.29 is 50.6 Å². The molecule has 1 aromatic heterocycles. The van der Waals surface area contributed by atoms with Crippen LogP contribution in [0.4, 0.5) is 40.4 Å². The van der Waals surface area contributed by atoms with Gasteiger partial charge in [0, 0.05) is 42.1 Å². The van der Waals surface area contributed by atoms with Gasteiger partial charge in [0.2, 0.25) is 5.91 Å². The second-order valence-electron chi connectivity index (χ2n) is 16.7. The summed E-state index contributed by atoms with van der Waals surface area (Å²) in [6.07, 6.45) is -0.722. The molecule has 0 atom stereocenters. The first kappa shape index (κ1) is 45.2. The van der Waals surface area contributed by atoms with Gasteiger partial charge in [0.15, 0.2) is 22.3 Å². The van der Waals surface area contributed by atoms with E-state index in [1.165, 1.54) is 36.3 Å². The molecule has 4 aromatic rings. The Labute approximate surface area is 348 Å². The summed E-state index contributed by atoms with van der Waals surface area (Å²) in [6.45, 7) is 11.5. The fourth-order valence-electron chi connectivity index (χ4n) is 6.36. The highest BCUT2D eigenvalue weighted by molar-refractivity contribution is 7.92. The number of likely N-dealkylation sites (N-methyl/N-ethyl adjacent to an activating group) is 1. The molecule has 0 spiro atoms. The first-order chi connectivity index (χ1) is 27.9. The molecule has 0 radical (unpaired) electrons. The number of alkyl halides is 2. The van der Waals surface area contributed by atoms with Gasteiger partial charge in [0.1, 0.15) is 11.2 Å². The molecule has 1 aliphatic rings. The van der Waals surface area contributed by atoms with Gasteiger partial charge in [0.25, 0.3) is 0 Å². The second-order valence-corrected chi connectivity index (χ2v) is 18.9. The van der Waals surface area contributed by atoms with Gasteiger partial charge in [-0.25, -0.2) is 27.8 Å². The zero-order valence-electron chi connectivity index (χ0n) is 35.1. The maximum atomic E-state index is 15.1. The van der Waals surface area contributed by atoms with Crippen molar-refractivity contribution in [3.63, 3.8) is 0 Å². The first-order valence-corrected chi connectivity index (χ1v) is 20.8. The fraction of sp³-hybridized carbons (Fsp3) is 0.419. The van der Waals surface area contributed by atoms with Gasteiger partial charge in [-0.05, 0) is 133 Å². The third-order valence-electron chi connectivity index (χ3n) is 9.19. The molecule has 0 saturated heterocycles. The number of nitrogens with zero attached hydrogens (tertiary/aromatic N) is 3. The summed E-state index contributed by atoms with van der Waals surface area (Å²) in [4.78, 5) is 59.1. The van der Waals surface area contributed by atoms with Gasteiger partial charge in [-0.15, -0.1) is 0 Å². The van der Waals surface area contributed by atoms with Crippen LogP contribution in [0.5, 0.6) is 0 Å². The smallest absolute Gasteiger partial charge is 0.425 e. The van der Waals surface area contributed by atoms with Crippen molar-refractivity contribution in [2.45, 2.75) is 102 Å². The van der Waals surface area contributed by atoms with Crippen molar-refractivity contribution >= 4 is 62.0 Å². The monoisotopic (exact) mass is 851 g/mol. The Morgan fingerprint density at radius 3 is 2.03 bits per heavy atom. The highest BCUT2D eigenvalue weighted by Crippen LogP contribution is 2.37. The van der Waals surface area contributed by atoms with Crippen LogP contribution in [0.25, 0.3) is 10.8 Å². The molecule has 5 rings (SSSR count). The number of benzene rings is 3. The minimum atomic E-state index is -3.76. The van der Waals surface area contributed by atoms with Crippen LogP contribution in [0.15, 0.2) is 71.8 Å². The van der Waals surface area contributed by atoms with E-state index < -0.39 is 63.0 Å². The van der Waals surface area contributed by atoms with Crippen molar-refractivity contribution in [3.8, 4) is 0 Å². The van der Waals surface area contributed by atoms with E-state index in [1.54, 1.807) is 97.9 Å². The van der Waals surface area contributed by atoms with Crippen LogP contribution in [0.2, 0.25) is 0 Å². The van der Waals surface area contributed by atoms with Gasteiger partial charge >= 0.3 is 24.2 Å². The van der Waals surface area contributed by atoms with Crippen LogP contribution in [-0.2, 0) is 41.3 Å². The largest absolute Gasteiger partial charge is 0.443 e. The predicted octanol–water partition coefficient (Wildman–Crippen LogP) is 8.88. The summed E-state index contributed by atoms with van der Waals surface area (Å²) in [5.41, 5.74) is -0.582. The summed E-state index contributed by atoms with van der Waals surface area (Å²) in [5, 5.41) is 5.87. The number of ether oxygens (including phenoxy) is 3. The van der Waals surface area contributed by atoms with E-state index in [1.807, 2.05) is 0 Å². The number of halogens is 2. The van der Waals surface area contributed by atoms with Crippen LogP contribution in [0, 0.1) is 13.8 Å². The topological polar surface area (TPSA) is 174 Å². The number of nitrogens with one attached hydrogen (secondary N) is 2. The summed E-state index contributed by atoms with van der Waals surface area (Å²) < 4.78 is 73.0. The van der Waals surface area contributed by atoms with E-state index >= 15 is 8.78 Å². The van der Waals surface area contributed by atoms with Crippen LogP contribution < -0.4 is 15.5 Å². The van der Waals surface area contributed by atoms with Crippen molar-refractivity contribution in [2.24, 2.45) is 0 Å². The minimum absolute atomic E-state index is 0.0103. The van der Waals surface area contributed by atoms with E-state index in [0.717, 1.165) is 4.90 Å². The number of amides is 4. The Balaban J connectivity index is 1.30. The maximum absolute atomic E-state index is 15.1. The Morgan fingerprint density at radius 1 is 0.850 bits per heavy atom. The molecule has 1 fully saturated rings. The number of carbonyl (C=O) groups is 4. The van der Waals surface area contributed by atoms with Gasteiger partial charge < -0.3 is 24.4 Å². The molecule has 0 unspecified atom stereocenters. The number of rotatable bonds is 12. The summed E-state index contributed by atoms with van der Waals surface area (Å²) in [7, 11) is -2.27. The summed E-state index contributed by atoms with van der Waals surface area (Å²) in [6, 6.07) is 15.4. The maximum Gasteiger partial charge on any atom is 0.425 e. The average Bonchev–Trinajstić information content (AvgIpc) is 3.98. The number of carbonyl (C=O) groups excluding carboxylic acids is 4. The fourth-order valence-corrected chi connectivity index (χ4v) is 8.22. The number of pyridine rings is 1. The highest BCUT2D eigenvalue weighted by Gasteiger charge is 2.39. The number of sulfone groups is 1. The first-order valence-electron chi connectivity index (χ1n) is 19.2. The Hall–Kier alpha value is -5.84. The van der Waals surface area contributed by atoms with E-state index in [0.29, 0.717) is 40.4 Å². The van der Waals surface area contributed by atoms with E-state index in [4.69, 9.17) is 14.2 Å². The van der Waals surface area contributed by atoms with Crippen molar-refractivity contribution in [3.05, 3.63) is 89.1 Å². The predicted molar refractivity (Wildman–Crippen MR) is 223 cm³/mol. The average molecular weight is 852 g/mol. The molecule has 0 aliphatic heterocycles. The lowest BCUT2D eigenvalue weighted by atomic mass is 9.98. The lowest BCUT2D eigenvalue weighted by Gasteiger charge is -2.28. The molecule has 1 heterocycles. The number of hydrogen-bond donors (Lipinski definition) is 2. The Bertz CT molecular complexity index is 2360. The Kier molecular flexibility index (Phi) is 13.1. The molecular weight excluding hydrogens is 801 g/mol. The lowest BCUT2D eigenvalue weighted by Crippen LogP contribution is -2.44. The summed E-state index contributed by atoms with van der Waals surface area (Å²) >= 11 is 0. The van der Waals surface area contributed by atoms with Crippen molar-refractivity contribution in [2.75, 3.05) is 35.7 Å². The van der Waals surface area contributed by atoms with Crippen LogP contribution in [-0.4, -0.2) is 79.1 Å².